The van der Waals surface area contributed by atoms with Gasteiger partial charge in [-0.3, -0.25) is 4.79 Å². The lowest BCUT2D eigenvalue weighted by molar-refractivity contribution is -0.137. The van der Waals surface area contributed by atoms with E-state index in [2.05, 4.69) is 31.2 Å². The molecule has 1 aliphatic carbocycles. The number of ether oxygens (including phenoxy) is 2. The summed E-state index contributed by atoms with van der Waals surface area (Å²) in [6.07, 6.45) is -0.995. The van der Waals surface area contributed by atoms with Gasteiger partial charge in [-0.15, -0.1) is 0 Å². The normalized spacial score (nSPS) is 18.1. The minimum atomic E-state index is -4.66. The van der Waals surface area contributed by atoms with E-state index in [-0.39, 0.29) is 30.3 Å². The van der Waals surface area contributed by atoms with E-state index in [0.29, 0.717) is 30.8 Å². The van der Waals surface area contributed by atoms with Crippen molar-refractivity contribution in [2.45, 2.75) is 50.5 Å². The van der Waals surface area contributed by atoms with Gasteiger partial charge in [0.25, 0.3) is 0 Å². The Kier molecular flexibility index (Phi) is 9.10. The number of benzene rings is 1. The summed E-state index contributed by atoms with van der Waals surface area (Å²) in [6.45, 7) is 0.512. The predicted molar refractivity (Wildman–Crippen MR) is 126 cm³/mol. The van der Waals surface area contributed by atoms with E-state index in [9.17, 15) is 18.0 Å². The molecular weight excluding hydrogens is 465 g/mol. The molecule has 4 N–H and O–H groups in total. The third kappa shape index (κ3) is 7.18. The van der Waals surface area contributed by atoms with E-state index >= 15 is 0 Å². The van der Waals surface area contributed by atoms with Crippen molar-refractivity contribution in [1.82, 2.24) is 20.6 Å². The first-order valence-corrected chi connectivity index (χ1v) is 11.3. The Labute approximate surface area is 202 Å². The second-order valence-electron chi connectivity index (χ2n) is 8.29. The van der Waals surface area contributed by atoms with Crippen LogP contribution in [0.4, 0.5) is 30.6 Å². The van der Waals surface area contributed by atoms with Crippen LogP contribution in [-0.4, -0.2) is 55.8 Å². The second-order valence-corrected chi connectivity index (χ2v) is 8.29. The van der Waals surface area contributed by atoms with Gasteiger partial charge in [-0.1, -0.05) is 18.9 Å². The van der Waals surface area contributed by atoms with Crippen molar-refractivity contribution >= 4 is 23.4 Å². The van der Waals surface area contributed by atoms with E-state index in [1.165, 1.54) is 14.2 Å². The summed E-state index contributed by atoms with van der Waals surface area (Å²) in [5.74, 6) is -0.181. The van der Waals surface area contributed by atoms with E-state index < -0.39 is 17.8 Å². The van der Waals surface area contributed by atoms with Gasteiger partial charge in [0.15, 0.2) is 0 Å². The number of aromatic nitrogens is 2. The van der Waals surface area contributed by atoms with Gasteiger partial charge in [0.1, 0.15) is 23.7 Å². The number of hydrogen-bond acceptors (Lipinski definition) is 8. The molecule has 9 nitrogen and oxygen atoms in total. The Bertz CT molecular complexity index is 1000. The molecule has 0 unspecified atom stereocenters. The van der Waals surface area contributed by atoms with Crippen LogP contribution in [-0.2, 0) is 22.3 Å². The standard InChI is InChI=1S/C23H31F3N6O3/c1-27-11-14-8-9-18(19(10-14)35-3)31-22-28-12-15(23(24,25)26)21(32-22)30-17-7-5-4-6-16(17)29-20(33)13-34-2/h8-10,12,16-17,27H,4-7,11,13H2,1-3H3,(H,29,33)(H2,28,30,31,32)/t16-,17-/m1/s1. The molecule has 1 heterocycles. The molecule has 3 rings (SSSR count). The van der Waals surface area contributed by atoms with E-state index in [4.69, 9.17) is 9.47 Å². The third-order valence-corrected chi connectivity index (χ3v) is 5.70. The van der Waals surface area contributed by atoms with Gasteiger partial charge in [-0.2, -0.15) is 18.2 Å². The molecule has 35 heavy (non-hydrogen) atoms. The number of rotatable bonds is 10. The smallest absolute Gasteiger partial charge is 0.421 e. The molecule has 1 saturated carbocycles. The zero-order valence-electron chi connectivity index (χ0n) is 20.0. The molecule has 0 bridgehead atoms. The molecule has 1 aromatic carbocycles. The quantitative estimate of drug-likeness (QED) is 0.396. The Morgan fingerprint density at radius 2 is 1.91 bits per heavy atom. The van der Waals surface area contributed by atoms with Crippen LogP contribution >= 0.6 is 0 Å². The number of nitrogens with one attached hydrogen (secondary N) is 4. The van der Waals surface area contributed by atoms with E-state index in [0.717, 1.165) is 24.6 Å². The summed E-state index contributed by atoms with van der Waals surface area (Å²) in [6, 6.07) is 4.65. The van der Waals surface area contributed by atoms with Crippen molar-refractivity contribution < 1.29 is 27.4 Å². The van der Waals surface area contributed by atoms with Crippen molar-refractivity contribution in [2.24, 2.45) is 0 Å². The SMILES string of the molecule is CNCc1ccc(Nc2ncc(C(F)(F)F)c(N[C@@H]3CCCC[C@H]3NC(=O)COC)n2)c(OC)c1. The van der Waals surface area contributed by atoms with Crippen molar-refractivity contribution in [3.8, 4) is 5.75 Å². The van der Waals surface area contributed by atoms with E-state index in [1.807, 2.05) is 19.2 Å². The molecule has 1 aromatic heterocycles. The highest BCUT2D eigenvalue weighted by Crippen LogP contribution is 2.36. The molecule has 0 radical (unpaired) electrons. The summed E-state index contributed by atoms with van der Waals surface area (Å²) in [7, 11) is 4.74. The number of anilines is 3. The van der Waals surface area contributed by atoms with Crippen LogP contribution in [0.15, 0.2) is 24.4 Å². The molecule has 1 amide bonds. The maximum Gasteiger partial charge on any atom is 0.421 e. The molecule has 1 fully saturated rings. The number of methoxy groups -OCH3 is 2. The molecule has 12 heteroatoms. The first-order chi connectivity index (χ1) is 16.7. The number of carbonyl (C=O) groups excluding carboxylic acids is 1. The summed E-state index contributed by atoms with van der Waals surface area (Å²) in [5, 5.41) is 11.8. The van der Waals surface area contributed by atoms with E-state index in [1.54, 1.807) is 6.07 Å². The highest BCUT2D eigenvalue weighted by Gasteiger charge is 2.37. The highest BCUT2D eigenvalue weighted by molar-refractivity contribution is 5.77. The Hall–Kier alpha value is -3.12. The van der Waals surface area contributed by atoms with Crippen LogP contribution in [0.5, 0.6) is 5.75 Å². The van der Waals surface area contributed by atoms with Crippen LogP contribution in [0.3, 0.4) is 0 Å². The van der Waals surface area contributed by atoms with Crippen molar-refractivity contribution in [3.63, 3.8) is 0 Å². The summed E-state index contributed by atoms with van der Waals surface area (Å²) < 4.78 is 51.5. The fraction of sp³-hybridized carbons (Fsp3) is 0.522. The third-order valence-electron chi connectivity index (χ3n) is 5.70. The van der Waals surface area contributed by atoms with Crippen molar-refractivity contribution in [3.05, 3.63) is 35.5 Å². The lowest BCUT2D eigenvalue weighted by Gasteiger charge is -2.33. The molecule has 192 valence electrons. The van der Waals surface area contributed by atoms with Gasteiger partial charge in [-0.05, 0) is 37.6 Å². The van der Waals surface area contributed by atoms with Gasteiger partial charge in [-0.25, -0.2) is 4.98 Å². The van der Waals surface area contributed by atoms with Gasteiger partial charge in [0, 0.05) is 31.9 Å². The van der Waals surface area contributed by atoms with Crippen LogP contribution in [0, 0.1) is 0 Å². The number of nitrogens with zero attached hydrogens (tertiary/aromatic N) is 2. The molecule has 0 spiro atoms. The van der Waals surface area contributed by atoms with Crippen LogP contribution in [0.2, 0.25) is 0 Å². The molecular formula is C23H31F3N6O3. The minimum absolute atomic E-state index is 0.0176. The van der Waals surface area contributed by atoms with Gasteiger partial charge < -0.3 is 30.7 Å². The van der Waals surface area contributed by atoms with Gasteiger partial charge >= 0.3 is 6.18 Å². The fourth-order valence-corrected chi connectivity index (χ4v) is 4.06. The molecule has 0 saturated heterocycles. The van der Waals surface area contributed by atoms with Crippen LogP contribution in [0.25, 0.3) is 0 Å². The number of alkyl halides is 3. The largest absolute Gasteiger partial charge is 0.495 e. The molecule has 1 aliphatic rings. The minimum Gasteiger partial charge on any atom is -0.495 e. The van der Waals surface area contributed by atoms with Gasteiger partial charge in [0.2, 0.25) is 11.9 Å². The second kappa shape index (κ2) is 12.0. The summed E-state index contributed by atoms with van der Waals surface area (Å²) in [5.41, 5.74) is 0.511. The number of amides is 1. The Morgan fingerprint density at radius 1 is 1.17 bits per heavy atom. The molecule has 2 atom stereocenters. The number of hydrogen-bond donors (Lipinski definition) is 4. The topological polar surface area (TPSA) is 109 Å². The average molecular weight is 497 g/mol. The highest BCUT2D eigenvalue weighted by atomic mass is 19.4. The van der Waals surface area contributed by atoms with Crippen molar-refractivity contribution in [1.29, 1.82) is 0 Å². The maximum absolute atomic E-state index is 13.8. The first kappa shape index (κ1) is 26.5. The van der Waals surface area contributed by atoms with Crippen LogP contribution < -0.4 is 26.0 Å². The fourth-order valence-electron chi connectivity index (χ4n) is 4.06. The summed E-state index contributed by atoms with van der Waals surface area (Å²) >= 11 is 0. The lowest BCUT2D eigenvalue weighted by Crippen LogP contribution is -2.49. The first-order valence-electron chi connectivity index (χ1n) is 11.3. The van der Waals surface area contributed by atoms with Crippen LogP contribution in [0.1, 0.15) is 36.8 Å². The summed E-state index contributed by atoms with van der Waals surface area (Å²) in [4.78, 5) is 20.1. The van der Waals surface area contributed by atoms with Crippen molar-refractivity contribution in [2.75, 3.05) is 38.5 Å². The average Bonchev–Trinajstić information content (AvgIpc) is 2.81. The molecule has 2 aromatic rings. The predicted octanol–water partition coefficient (Wildman–Crippen LogP) is 3.45. The Balaban J connectivity index is 1.87. The van der Waals surface area contributed by atoms with Gasteiger partial charge in [0.05, 0.1) is 12.8 Å². The number of halogens is 3. The Morgan fingerprint density at radius 3 is 2.57 bits per heavy atom. The lowest BCUT2D eigenvalue weighted by atomic mass is 9.90. The maximum atomic E-state index is 13.8. The monoisotopic (exact) mass is 496 g/mol. The number of carbonyl (C=O) groups is 1. The zero-order chi connectivity index (χ0) is 25.4. The molecule has 0 aliphatic heterocycles. The zero-order valence-corrected chi connectivity index (χ0v) is 20.0.